The molecule has 2 N–H and O–H groups in total. The molecule has 0 amide bonds. The summed E-state index contributed by atoms with van der Waals surface area (Å²) in [5, 5.41) is 21.5. The van der Waals surface area contributed by atoms with Crippen molar-refractivity contribution in [3.8, 4) is 0 Å². The average molecular weight is 170 g/mol. The van der Waals surface area contributed by atoms with E-state index in [1.54, 1.807) is 0 Å². The molecule has 0 spiro atoms. The van der Waals surface area contributed by atoms with Crippen LogP contribution in [0.2, 0.25) is 0 Å². The zero-order valence-corrected chi connectivity index (χ0v) is 6.26. The molecule has 0 radical (unpaired) electrons. The maximum atomic E-state index is 12.6. The highest BCUT2D eigenvalue weighted by molar-refractivity contribution is 6.57. The Hall–Kier alpha value is -0.875. The first-order valence-corrected chi connectivity index (χ1v) is 3.74. The van der Waals surface area contributed by atoms with Crippen LogP contribution in [0.15, 0.2) is 12.3 Å². The zero-order chi connectivity index (χ0) is 8.72. The van der Waals surface area contributed by atoms with Crippen LogP contribution in [0.3, 0.4) is 0 Å². The summed E-state index contributed by atoms with van der Waals surface area (Å²) in [5.74, 6) is 0. The molecule has 1 saturated carbocycles. The van der Waals surface area contributed by atoms with Gasteiger partial charge in [0.15, 0.2) is 0 Å². The zero-order valence-electron chi connectivity index (χ0n) is 6.26. The summed E-state index contributed by atoms with van der Waals surface area (Å²) in [6.07, 6.45) is 0.962. The molecule has 2 atom stereocenters. The lowest BCUT2D eigenvalue weighted by molar-refractivity contribution is 0.410. The summed E-state index contributed by atoms with van der Waals surface area (Å²) in [6, 6.07) is 1.17. The molecule has 4 nitrogen and oxygen atoms in total. The number of aromatic nitrogens is 2. The first kappa shape index (κ1) is 7.76. The van der Waals surface area contributed by atoms with Crippen molar-refractivity contribution in [3.05, 3.63) is 12.3 Å². The van der Waals surface area contributed by atoms with Crippen LogP contribution in [0.1, 0.15) is 12.5 Å². The third kappa shape index (κ3) is 1.13. The van der Waals surface area contributed by atoms with Crippen LogP contribution < -0.4 is 5.59 Å². The molecule has 0 saturated heterocycles. The first-order valence-electron chi connectivity index (χ1n) is 3.74. The highest BCUT2D eigenvalue weighted by atomic mass is 19.1. The van der Waals surface area contributed by atoms with Crippen molar-refractivity contribution in [2.24, 2.45) is 0 Å². The third-order valence-electron chi connectivity index (χ3n) is 1.96. The summed E-state index contributed by atoms with van der Waals surface area (Å²) in [5.41, 5.74) is 0.250. The van der Waals surface area contributed by atoms with Gasteiger partial charge in [0, 0.05) is 12.6 Å². The number of halogens is 1. The maximum Gasteiger partial charge on any atom is 0.507 e. The summed E-state index contributed by atoms with van der Waals surface area (Å²) < 4.78 is 13.9. The van der Waals surface area contributed by atoms with Crippen LogP contribution in [0.5, 0.6) is 0 Å². The fourth-order valence-electron chi connectivity index (χ4n) is 1.21. The van der Waals surface area contributed by atoms with Gasteiger partial charge in [-0.3, -0.25) is 4.68 Å². The number of alkyl halides is 1. The van der Waals surface area contributed by atoms with Crippen molar-refractivity contribution in [2.45, 2.75) is 18.6 Å². The molecule has 1 aliphatic rings. The van der Waals surface area contributed by atoms with E-state index < -0.39 is 13.3 Å². The van der Waals surface area contributed by atoms with E-state index in [2.05, 4.69) is 5.10 Å². The van der Waals surface area contributed by atoms with Crippen molar-refractivity contribution in [2.75, 3.05) is 0 Å². The summed E-state index contributed by atoms with van der Waals surface area (Å²) in [7, 11) is -1.57. The van der Waals surface area contributed by atoms with E-state index in [-0.39, 0.29) is 11.6 Å². The topological polar surface area (TPSA) is 58.3 Å². The Morgan fingerprint density at radius 3 is 2.83 bits per heavy atom. The van der Waals surface area contributed by atoms with Crippen molar-refractivity contribution < 1.29 is 14.4 Å². The maximum absolute atomic E-state index is 12.6. The number of hydrogen-bond acceptors (Lipinski definition) is 3. The van der Waals surface area contributed by atoms with E-state index in [0.717, 1.165) is 0 Å². The minimum Gasteiger partial charge on any atom is -0.422 e. The van der Waals surface area contributed by atoms with Gasteiger partial charge in [0.2, 0.25) is 0 Å². The van der Waals surface area contributed by atoms with Crippen LogP contribution in [0.25, 0.3) is 0 Å². The standard InChI is InChI=1S/C6H8BFN2O2/c8-4-3-5(4)10-6(7(11)12)1-2-9-10/h1-2,4-5,11-12H,3H2/t4-,5-/m1/s1. The van der Waals surface area contributed by atoms with Crippen LogP contribution >= 0.6 is 0 Å². The van der Waals surface area contributed by atoms with Crippen molar-refractivity contribution >= 4 is 12.7 Å². The lowest BCUT2D eigenvalue weighted by Crippen LogP contribution is -2.36. The molecule has 0 unspecified atom stereocenters. The van der Waals surface area contributed by atoms with Gasteiger partial charge in [0.25, 0.3) is 0 Å². The Labute approximate surface area is 68.8 Å². The highest BCUT2D eigenvalue weighted by Gasteiger charge is 2.41. The summed E-state index contributed by atoms with van der Waals surface area (Å²) >= 11 is 0. The molecule has 1 aromatic rings. The van der Waals surface area contributed by atoms with Gasteiger partial charge in [-0.15, -0.1) is 0 Å². The molecule has 1 aliphatic carbocycles. The third-order valence-corrected chi connectivity index (χ3v) is 1.96. The van der Waals surface area contributed by atoms with Gasteiger partial charge >= 0.3 is 7.12 Å². The summed E-state index contributed by atoms with van der Waals surface area (Å²) in [6.45, 7) is 0. The van der Waals surface area contributed by atoms with Gasteiger partial charge in [0.05, 0.1) is 11.6 Å². The summed E-state index contributed by atoms with van der Waals surface area (Å²) in [4.78, 5) is 0. The van der Waals surface area contributed by atoms with Crippen LogP contribution in [0, 0.1) is 0 Å². The molecular weight excluding hydrogens is 162 g/mol. The quantitative estimate of drug-likeness (QED) is 0.550. The Kier molecular flexibility index (Phi) is 1.66. The number of rotatable bonds is 2. The molecule has 1 fully saturated rings. The largest absolute Gasteiger partial charge is 0.507 e. The fraction of sp³-hybridized carbons (Fsp3) is 0.500. The lowest BCUT2D eigenvalue weighted by atomic mass is 9.86. The molecule has 1 heterocycles. The van der Waals surface area contributed by atoms with Gasteiger partial charge in [-0.05, 0) is 6.07 Å². The molecule has 0 bridgehead atoms. The molecule has 1 aromatic heterocycles. The van der Waals surface area contributed by atoms with Gasteiger partial charge in [-0.2, -0.15) is 5.10 Å². The van der Waals surface area contributed by atoms with E-state index in [1.807, 2.05) is 0 Å². The Morgan fingerprint density at radius 1 is 1.67 bits per heavy atom. The van der Waals surface area contributed by atoms with Crippen molar-refractivity contribution in [1.29, 1.82) is 0 Å². The minimum atomic E-state index is -1.57. The van der Waals surface area contributed by atoms with Crippen molar-refractivity contribution in [3.63, 3.8) is 0 Å². The lowest BCUT2D eigenvalue weighted by Gasteiger charge is -2.03. The van der Waals surface area contributed by atoms with Crippen LogP contribution in [0.4, 0.5) is 4.39 Å². The van der Waals surface area contributed by atoms with E-state index in [1.165, 1.54) is 16.9 Å². The van der Waals surface area contributed by atoms with Gasteiger partial charge < -0.3 is 10.0 Å². The molecule has 2 rings (SSSR count). The molecule has 64 valence electrons. The van der Waals surface area contributed by atoms with Crippen molar-refractivity contribution in [1.82, 2.24) is 9.78 Å². The highest BCUT2D eigenvalue weighted by Crippen LogP contribution is 2.37. The van der Waals surface area contributed by atoms with Gasteiger partial charge in [-0.1, -0.05) is 0 Å². The van der Waals surface area contributed by atoms with E-state index >= 15 is 0 Å². The minimum absolute atomic E-state index is 0.250. The number of hydrogen-bond donors (Lipinski definition) is 2. The number of nitrogens with zero attached hydrogens (tertiary/aromatic N) is 2. The van der Waals surface area contributed by atoms with E-state index in [0.29, 0.717) is 6.42 Å². The van der Waals surface area contributed by atoms with E-state index in [9.17, 15) is 4.39 Å². The molecule has 0 aliphatic heterocycles. The predicted molar refractivity (Wildman–Crippen MR) is 40.6 cm³/mol. The molecule has 0 aromatic carbocycles. The second-order valence-corrected chi connectivity index (χ2v) is 2.89. The molecule has 12 heavy (non-hydrogen) atoms. The normalized spacial score (nSPS) is 27.2. The second-order valence-electron chi connectivity index (χ2n) is 2.89. The van der Waals surface area contributed by atoms with Crippen LogP contribution in [-0.4, -0.2) is 33.1 Å². The second kappa shape index (κ2) is 2.57. The monoisotopic (exact) mass is 170 g/mol. The molecular formula is C6H8BFN2O2. The fourth-order valence-corrected chi connectivity index (χ4v) is 1.21. The first-order chi connectivity index (χ1) is 5.70. The van der Waals surface area contributed by atoms with Crippen LogP contribution in [-0.2, 0) is 0 Å². The van der Waals surface area contributed by atoms with E-state index in [4.69, 9.17) is 10.0 Å². The van der Waals surface area contributed by atoms with Gasteiger partial charge in [-0.25, -0.2) is 4.39 Å². The Balaban J connectivity index is 2.25. The Morgan fingerprint density at radius 2 is 2.33 bits per heavy atom. The Bertz CT molecular complexity index is 291. The smallest absolute Gasteiger partial charge is 0.422 e. The van der Waals surface area contributed by atoms with Gasteiger partial charge in [0.1, 0.15) is 6.17 Å². The molecule has 6 heteroatoms. The predicted octanol–water partition coefficient (Wildman–Crippen LogP) is -1.15. The average Bonchev–Trinajstić information content (AvgIpc) is 2.58. The SMILES string of the molecule is OB(O)c1ccnn1[C@@H]1C[C@H]1F.